The second kappa shape index (κ2) is 7.15. The fourth-order valence-electron chi connectivity index (χ4n) is 1.91. The molecule has 1 atom stereocenters. The van der Waals surface area contributed by atoms with Crippen LogP contribution in [0.2, 0.25) is 0 Å². The summed E-state index contributed by atoms with van der Waals surface area (Å²) in [6.07, 6.45) is 3.04. The molecular formula is C14H18ClNO4S. The first-order chi connectivity index (χ1) is 10.0. The summed E-state index contributed by atoms with van der Waals surface area (Å²) in [7, 11) is -3.46. The van der Waals surface area contributed by atoms with Crippen molar-refractivity contribution in [2.45, 2.75) is 20.0 Å². The van der Waals surface area contributed by atoms with Gasteiger partial charge in [-0.25, -0.2) is 8.42 Å². The fourth-order valence-corrected chi connectivity index (χ4v) is 3.85. The topological polar surface area (TPSA) is 63.7 Å². The summed E-state index contributed by atoms with van der Waals surface area (Å²) in [5.41, 5.74) is 0. The Hall–Kier alpha value is -1.24. The highest BCUT2D eigenvalue weighted by Gasteiger charge is 2.26. The summed E-state index contributed by atoms with van der Waals surface area (Å²) in [5, 5.41) is 0. The Labute approximate surface area is 129 Å². The molecule has 0 saturated heterocycles. The Morgan fingerprint density at radius 1 is 1.14 bits per heavy atom. The van der Waals surface area contributed by atoms with Crippen LogP contribution in [0, 0.1) is 5.92 Å². The van der Waals surface area contributed by atoms with Crippen molar-refractivity contribution >= 4 is 21.6 Å². The van der Waals surface area contributed by atoms with Crippen molar-refractivity contribution in [2.24, 2.45) is 5.92 Å². The maximum atomic E-state index is 12.5. The predicted molar refractivity (Wildman–Crippen MR) is 80.3 cm³/mol. The second-order valence-corrected chi connectivity index (χ2v) is 7.29. The van der Waals surface area contributed by atoms with Gasteiger partial charge in [0.2, 0.25) is 10.0 Å². The molecule has 0 fully saturated rings. The standard InChI is InChI=1S/C14H18ClNO4S/c1-12(8-15)11-21(17,18)16(9-13-4-2-6-19-13)10-14-5-3-7-20-14/h2-7,12H,8-11H2,1H3. The zero-order chi connectivity index (χ0) is 15.3. The lowest BCUT2D eigenvalue weighted by molar-refractivity contribution is 0.329. The summed E-state index contributed by atoms with van der Waals surface area (Å²) in [4.78, 5) is 0. The summed E-state index contributed by atoms with van der Waals surface area (Å²) in [6, 6.07) is 6.95. The number of nitrogens with zero attached hydrogens (tertiary/aromatic N) is 1. The molecule has 0 amide bonds. The van der Waals surface area contributed by atoms with Crippen molar-refractivity contribution in [3.63, 3.8) is 0 Å². The summed E-state index contributed by atoms with van der Waals surface area (Å²) >= 11 is 5.73. The molecule has 0 bridgehead atoms. The molecule has 0 aromatic carbocycles. The number of rotatable bonds is 8. The molecule has 21 heavy (non-hydrogen) atoms. The molecule has 1 unspecified atom stereocenters. The zero-order valence-electron chi connectivity index (χ0n) is 11.7. The lowest BCUT2D eigenvalue weighted by atomic mass is 10.3. The highest BCUT2D eigenvalue weighted by molar-refractivity contribution is 7.89. The molecule has 5 nitrogen and oxygen atoms in total. The van der Waals surface area contributed by atoms with E-state index in [-0.39, 0.29) is 24.8 Å². The average Bonchev–Trinajstić information content (AvgIpc) is 3.10. The van der Waals surface area contributed by atoms with Gasteiger partial charge in [0.15, 0.2) is 0 Å². The van der Waals surface area contributed by atoms with Crippen LogP contribution >= 0.6 is 11.6 Å². The minimum atomic E-state index is -3.46. The van der Waals surface area contributed by atoms with Gasteiger partial charge in [-0.2, -0.15) is 4.31 Å². The number of furan rings is 2. The van der Waals surface area contributed by atoms with Gasteiger partial charge in [-0.3, -0.25) is 0 Å². The smallest absolute Gasteiger partial charge is 0.215 e. The monoisotopic (exact) mass is 331 g/mol. The van der Waals surface area contributed by atoms with Gasteiger partial charge in [-0.15, -0.1) is 11.6 Å². The SMILES string of the molecule is CC(CCl)CS(=O)(=O)N(Cc1ccco1)Cc1ccco1. The summed E-state index contributed by atoms with van der Waals surface area (Å²) in [5.74, 6) is 1.35. The zero-order valence-corrected chi connectivity index (χ0v) is 13.3. The van der Waals surface area contributed by atoms with Crippen LogP contribution in [0.25, 0.3) is 0 Å². The van der Waals surface area contributed by atoms with Crippen LogP contribution in [0.5, 0.6) is 0 Å². The van der Waals surface area contributed by atoms with Crippen LogP contribution in [0.4, 0.5) is 0 Å². The van der Waals surface area contributed by atoms with E-state index in [1.165, 1.54) is 16.8 Å². The highest BCUT2D eigenvalue weighted by Crippen LogP contribution is 2.17. The van der Waals surface area contributed by atoms with E-state index < -0.39 is 10.0 Å². The molecule has 2 aromatic heterocycles. The van der Waals surface area contributed by atoms with Gasteiger partial charge in [-0.05, 0) is 30.2 Å². The first kappa shape index (κ1) is 16.1. The van der Waals surface area contributed by atoms with Crippen molar-refractivity contribution in [2.75, 3.05) is 11.6 Å². The fraction of sp³-hybridized carbons (Fsp3) is 0.429. The number of alkyl halides is 1. The first-order valence-corrected chi connectivity index (χ1v) is 8.74. The lowest BCUT2D eigenvalue weighted by Crippen LogP contribution is -2.34. The normalized spacial score (nSPS) is 13.7. The molecule has 0 aliphatic carbocycles. The first-order valence-electron chi connectivity index (χ1n) is 6.60. The Morgan fingerprint density at radius 2 is 1.67 bits per heavy atom. The van der Waals surface area contributed by atoms with E-state index >= 15 is 0 Å². The molecule has 2 aromatic rings. The minimum absolute atomic E-state index is 0.00207. The van der Waals surface area contributed by atoms with Gasteiger partial charge >= 0.3 is 0 Å². The van der Waals surface area contributed by atoms with Crippen LogP contribution in [-0.2, 0) is 23.1 Å². The van der Waals surface area contributed by atoms with Gasteiger partial charge < -0.3 is 8.83 Å². The van der Waals surface area contributed by atoms with Crippen LogP contribution < -0.4 is 0 Å². The van der Waals surface area contributed by atoms with Crippen molar-refractivity contribution in [3.05, 3.63) is 48.3 Å². The number of halogens is 1. The summed E-state index contributed by atoms with van der Waals surface area (Å²) in [6.45, 7) is 2.15. The van der Waals surface area contributed by atoms with Gasteiger partial charge in [0, 0.05) is 5.88 Å². The summed E-state index contributed by atoms with van der Waals surface area (Å²) < 4.78 is 36.9. The number of hydrogen-bond donors (Lipinski definition) is 0. The molecule has 0 saturated carbocycles. The molecule has 0 aliphatic heterocycles. The Balaban J connectivity index is 2.17. The Bertz CT molecular complexity index is 586. The molecule has 2 heterocycles. The molecule has 0 radical (unpaired) electrons. The third-order valence-electron chi connectivity index (χ3n) is 2.98. The van der Waals surface area contributed by atoms with Gasteiger partial charge in [0.05, 0.1) is 31.4 Å². The van der Waals surface area contributed by atoms with Crippen LogP contribution in [0.3, 0.4) is 0 Å². The quantitative estimate of drug-likeness (QED) is 0.697. The van der Waals surface area contributed by atoms with Crippen molar-refractivity contribution < 1.29 is 17.3 Å². The van der Waals surface area contributed by atoms with Gasteiger partial charge in [0.25, 0.3) is 0 Å². The molecule has 116 valence electrons. The molecule has 7 heteroatoms. The molecule has 2 rings (SSSR count). The average molecular weight is 332 g/mol. The second-order valence-electron chi connectivity index (χ2n) is 4.96. The van der Waals surface area contributed by atoms with Crippen molar-refractivity contribution in [1.82, 2.24) is 4.31 Å². The van der Waals surface area contributed by atoms with Crippen molar-refractivity contribution in [1.29, 1.82) is 0 Å². The Kier molecular flexibility index (Phi) is 5.50. The number of sulfonamides is 1. The van der Waals surface area contributed by atoms with E-state index in [2.05, 4.69) is 0 Å². The maximum Gasteiger partial charge on any atom is 0.215 e. The van der Waals surface area contributed by atoms with E-state index in [9.17, 15) is 8.42 Å². The molecule has 0 aliphatic rings. The van der Waals surface area contributed by atoms with Crippen LogP contribution in [0.15, 0.2) is 45.6 Å². The Morgan fingerprint density at radius 3 is 2.05 bits per heavy atom. The van der Waals surface area contributed by atoms with Gasteiger partial charge in [0.1, 0.15) is 11.5 Å². The van der Waals surface area contributed by atoms with Crippen molar-refractivity contribution in [3.8, 4) is 0 Å². The third kappa shape index (κ3) is 4.62. The van der Waals surface area contributed by atoms with E-state index in [1.54, 1.807) is 24.3 Å². The van der Waals surface area contributed by atoms with E-state index in [0.29, 0.717) is 17.4 Å². The van der Waals surface area contributed by atoms with E-state index in [0.717, 1.165) is 0 Å². The predicted octanol–water partition coefficient (Wildman–Crippen LogP) is 3.08. The molecule has 0 spiro atoms. The van der Waals surface area contributed by atoms with E-state index in [1.807, 2.05) is 6.92 Å². The largest absolute Gasteiger partial charge is 0.468 e. The third-order valence-corrected chi connectivity index (χ3v) is 5.54. The van der Waals surface area contributed by atoms with Crippen LogP contribution in [-0.4, -0.2) is 24.4 Å². The molecule has 0 N–H and O–H groups in total. The molecular weight excluding hydrogens is 314 g/mol. The number of hydrogen-bond acceptors (Lipinski definition) is 4. The van der Waals surface area contributed by atoms with E-state index in [4.69, 9.17) is 20.4 Å². The lowest BCUT2D eigenvalue weighted by Gasteiger charge is -2.21. The van der Waals surface area contributed by atoms with Gasteiger partial charge in [-0.1, -0.05) is 6.92 Å². The maximum absolute atomic E-state index is 12.5. The van der Waals surface area contributed by atoms with Crippen LogP contribution in [0.1, 0.15) is 18.4 Å². The highest BCUT2D eigenvalue weighted by atomic mass is 35.5. The minimum Gasteiger partial charge on any atom is -0.468 e.